The second kappa shape index (κ2) is 5.51. The quantitative estimate of drug-likeness (QED) is 0.547. The number of aliphatic hydroxyl groups is 1. The van der Waals surface area contributed by atoms with Crippen LogP contribution in [0.5, 0.6) is 0 Å². The van der Waals surface area contributed by atoms with Crippen molar-refractivity contribution >= 4 is 0 Å². The van der Waals surface area contributed by atoms with Gasteiger partial charge in [0.1, 0.15) is 12.2 Å². The summed E-state index contributed by atoms with van der Waals surface area (Å²) in [7, 11) is 0. The van der Waals surface area contributed by atoms with Crippen molar-refractivity contribution < 1.29 is 9.84 Å². The largest absolute Gasteiger partial charge is 0.494 e. The molecule has 0 aromatic rings. The van der Waals surface area contributed by atoms with Crippen molar-refractivity contribution in [2.24, 2.45) is 0 Å². The molecule has 2 unspecified atom stereocenters. The molecule has 14 heavy (non-hydrogen) atoms. The smallest absolute Gasteiger partial charge is 0.136 e. The lowest BCUT2D eigenvalue weighted by Crippen LogP contribution is -2.14. The molecule has 1 aliphatic heterocycles. The van der Waals surface area contributed by atoms with E-state index in [1.807, 2.05) is 19.1 Å². The van der Waals surface area contributed by atoms with Gasteiger partial charge in [-0.05, 0) is 37.0 Å². The fourth-order valence-corrected chi connectivity index (χ4v) is 1.42. The molecule has 1 rings (SSSR count). The van der Waals surface area contributed by atoms with Crippen LogP contribution in [0.2, 0.25) is 0 Å². The Hall–Kier alpha value is -1.20. The molecule has 0 fully saturated rings. The molecule has 2 atom stereocenters. The molecule has 0 spiro atoms. The topological polar surface area (TPSA) is 29.5 Å². The maximum atomic E-state index is 9.47. The normalized spacial score (nSPS) is 23.8. The van der Waals surface area contributed by atoms with Gasteiger partial charge in [-0.25, -0.2) is 0 Å². The van der Waals surface area contributed by atoms with E-state index < -0.39 is 6.10 Å². The molecule has 0 radical (unpaired) electrons. The molecule has 0 aliphatic carbocycles. The Morgan fingerprint density at radius 2 is 2.64 bits per heavy atom. The molecule has 0 aromatic carbocycles. The van der Waals surface area contributed by atoms with Crippen LogP contribution < -0.4 is 0 Å². The maximum absolute atomic E-state index is 9.47. The monoisotopic (exact) mass is 192 g/mol. The van der Waals surface area contributed by atoms with E-state index in [2.05, 4.69) is 5.92 Å². The fourth-order valence-electron chi connectivity index (χ4n) is 1.42. The van der Waals surface area contributed by atoms with Crippen molar-refractivity contribution in [2.45, 2.75) is 38.4 Å². The summed E-state index contributed by atoms with van der Waals surface area (Å²) in [6.45, 7) is 1.98. The van der Waals surface area contributed by atoms with E-state index in [4.69, 9.17) is 11.2 Å². The summed E-state index contributed by atoms with van der Waals surface area (Å²) in [6, 6.07) is 0. The predicted molar refractivity (Wildman–Crippen MR) is 56.5 cm³/mol. The van der Waals surface area contributed by atoms with Gasteiger partial charge in [-0.3, -0.25) is 0 Å². The second-order valence-electron chi connectivity index (χ2n) is 3.29. The highest BCUT2D eigenvalue weighted by Crippen LogP contribution is 2.16. The second-order valence-corrected chi connectivity index (χ2v) is 3.29. The average molecular weight is 192 g/mol. The van der Waals surface area contributed by atoms with Crippen LogP contribution >= 0.6 is 0 Å². The first-order chi connectivity index (χ1) is 6.77. The van der Waals surface area contributed by atoms with Gasteiger partial charge in [0.25, 0.3) is 0 Å². The number of rotatable bonds is 3. The number of hydrogen-bond donors (Lipinski definition) is 1. The van der Waals surface area contributed by atoms with Gasteiger partial charge >= 0.3 is 0 Å². The van der Waals surface area contributed by atoms with Crippen LogP contribution in [0, 0.1) is 12.3 Å². The molecule has 0 amide bonds. The lowest BCUT2D eigenvalue weighted by Gasteiger charge is -2.18. The third kappa shape index (κ3) is 2.93. The summed E-state index contributed by atoms with van der Waals surface area (Å²) in [5.41, 5.74) is 0.868. The molecule has 1 aliphatic rings. The van der Waals surface area contributed by atoms with Gasteiger partial charge in [0.15, 0.2) is 0 Å². The van der Waals surface area contributed by atoms with Gasteiger partial charge in [-0.1, -0.05) is 12.8 Å². The molecule has 1 heterocycles. The number of hydrogen-bond acceptors (Lipinski definition) is 2. The zero-order valence-corrected chi connectivity index (χ0v) is 8.44. The van der Waals surface area contributed by atoms with E-state index in [1.165, 1.54) is 0 Å². The summed E-state index contributed by atoms with van der Waals surface area (Å²) in [4.78, 5) is 0. The van der Waals surface area contributed by atoms with Gasteiger partial charge in [0, 0.05) is 0 Å². The molecular formula is C12H16O2. The Bertz CT molecular complexity index is 271. The lowest BCUT2D eigenvalue weighted by atomic mass is 10.0. The molecule has 0 saturated heterocycles. The van der Waals surface area contributed by atoms with E-state index in [0.717, 1.165) is 24.8 Å². The molecule has 0 bridgehead atoms. The molecular weight excluding hydrogens is 176 g/mol. The predicted octanol–water partition coefficient (Wildman–Crippen LogP) is 2.01. The highest BCUT2D eigenvalue weighted by atomic mass is 16.5. The van der Waals surface area contributed by atoms with Crippen molar-refractivity contribution in [1.29, 1.82) is 0 Å². The van der Waals surface area contributed by atoms with Crippen molar-refractivity contribution in [3.8, 4) is 12.3 Å². The van der Waals surface area contributed by atoms with Crippen LogP contribution in [0.15, 0.2) is 24.0 Å². The number of terminal acetylenes is 1. The molecule has 0 saturated carbocycles. The summed E-state index contributed by atoms with van der Waals surface area (Å²) >= 11 is 0. The van der Waals surface area contributed by atoms with E-state index in [-0.39, 0.29) is 6.10 Å². The van der Waals surface area contributed by atoms with Gasteiger partial charge in [-0.2, -0.15) is 0 Å². The van der Waals surface area contributed by atoms with Crippen molar-refractivity contribution in [2.75, 3.05) is 0 Å². The van der Waals surface area contributed by atoms with Gasteiger partial charge < -0.3 is 9.84 Å². The minimum atomic E-state index is -0.769. The van der Waals surface area contributed by atoms with Crippen LogP contribution in [0.4, 0.5) is 0 Å². The average Bonchev–Trinajstić information content (AvgIpc) is 2.26. The Kier molecular flexibility index (Phi) is 4.28. The SMILES string of the molecule is C#CC(O)C(=CC1CCC=CO1)CC. The molecule has 2 heteroatoms. The summed E-state index contributed by atoms with van der Waals surface area (Å²) in [6.07, 6.45) is 12.8. The summed E-state index contributed by atoms with van der Waals surface area (Å²) < 4.78 is 5.37. The van der Waals surface area contributed by atoms with Crippen LogP contribution in [-0.4, -0.2) is 17.3 Å². The zero-order valence-electron chi connectivity index (χ0n) is 8.44. The number of allylic oxidation sites excluding steroid dienone is 1. The highest BCUT2D eigenvalue weighted by molar-refractivity contribution is 5.20. The first-order valence-electron chi connectivity index (χ1n) is 4.93. The molecule has 2 nitrogen and oxygen atoms in total. The van der Waals surface area contributed by atoms with Crippen LogP contribution in [0.3, 0.4) is 0 Å². The van der Waals surface area contributed by atoms with Crippen molar-refractivity contribution in [3.05, 3.63) is 24.0 Å². The standard InChI is InChI=1S/C12H16O2/c1-3-10(12(13)4-2)9-11-7-5-6-8-14-11/h2,6,8-9,11-13H,3,5,7H2,1H3. The third-order valence-corrected chi connectivity index (χ3v) is 2.28. The molecule has 0 aromatic heterocycles. The first kappa shape index (κ1) is 10.9. The van der Waals surface area contributed by atoms with Gasteiger partial charge in [-0.15, -0.1) is 6.42 Å². The van der Waals surface area contributed by atoms with Crippen molar-refractivity contribution in [1.82, 2.24) is 0 Å². The van der Waals surface area contributed by atoms with E-state index in [0.29, 0.717) is 0 Å². The van der Waals surface area contributed by atoms with E-state index >= 15 is 0 Å². The van der Waals surface area contributed by atoms with Crippen LogP contribution in [0.1, 0.15) is 26.2 Å². The van der Waals surface area contributed by atoms with Crippen molar-refractivity contribution in [3.63, 3.8) is 0 Å². The Labute approximate surface area is 85.3 Å². The van der Waals surface area contributed by atoms with Crippen LogP contribution in [-0.2, 0) is 4.74 Å². The Balaban J connectivity index is 2.63. The van der Waals surface area contributed by atoms with Gasteiger partial charge in [0.2, 0.25) is 0 Å². The highest BCUT2D eigenvalue weighted by Gasteiger charge is 2.12. The lowest BCUT2D eigenvalue weighted by molar-refractivity contribution is 0.162. The fraction of sp³-hybridized carbons (Fsp3) is 0.500. The molecule has 76 valence electrons. The van der Waals surface area contributed by atoms with E-state index in [9.17, 15) is 5.11 Å². The van der Waals surface area contributed by atoms with Gasteiger partial charge in [0.05, 0.1) is 6.26 Å². The molecule has 1 N–H and O–H groups in total. The minimum Gasteiger partial charge on any atom is -0.494 e. The summed E-state index contributed by atoms with van der Waals surface area (Å²) in [5, 5.41) is 9.47. The maximum Gasteiger partial charge on any atom is 0.136 e. The third-order valence-electron chi connectivity index (χ3n) is 2.28. The number of aliphatic hydroxyl groups excluding tert-OH is 1. The van der Waals surface area contributed by atoms with E-state index in [1.54, 1.807) is 6.26 Å². The first-order valence-corrected chi connectivity index (χ1v) is 4.93. The van der Waals surface area contributed by atoms with Crippen LogP contribution in [0.25, 0.3) is 0 Å². The summed E-state index contributed by atoms with van der Waals surface area (Å²) in [5.74, 6) is 2.32. The number of ether oxygens (including phenoxy) is 1. The minimum absolute atomic E-state index is 0.0675. The zero-order chi connectivity index (χ0) is 10.4. The Morgan fingerprint density at radius 3 is 3.14 bits per heavy atom. The Morgan fingerprint density at radius 1 is 1.86 bits per heavy atom.